The van der Waals surface area contributed by atoms with Crippen molar-refractivity contribution in [2.45, 2.75) is 19.8 Å². The van der Waals surface area contributed by atoms with Gasteiger partial charge in [0.25, 0.3) is 0 Å². The summed E-state index contributed by atoms with van der Waals surface area (Å²) in [6, 6.07) is 8.10. The van der Waals surface area contributed by atoms with Gasteiger partial charge in [0.05, 0.1) is 0 Å². The van der Waals surface area contributed by atoms with Crippen molar-refractivity contribution >= 4 is 12.4 Å². The summed E-state index contributed by atoms with van der Waals surface area (Å²) in [5, 5.41) is 0. The second-order valence-corrected chi connectivity index (χ2v) is 3.33. The van der Waals surface area contributed by atoms with Crippen molar-refractivity contribution < 1.29 is 4.74 Å². The number of rotatable bonds is 4. The lowest BCUT2D eigenvalue weighted by atomic mass is 10.0. The second kappa shape index (κ2) is 6.68. The van der Waals surface area contributed by atoms with Crippen LogP contribution in [0.4, 0.5) is 0 Å². The van der Waals surface area contributed by atoms with Gasteiger partial charge in [0.1, 0.15) is 12.4 Å². The van der Waals surface area contributed by atoms with Crippen LogP contribution in [0.1, 0.15) is 25.3 Å². The molecule has 0 radical (unpaired) electrons. The summed E-state index contributed by atoms with van der Waals surface area (Å²) < 4.78 is 5.52. The number of halogens is 1. The third kappa shape index (κ3) is 3.56. The molecule has 0 aliphatic rings. The van der Waals surface area contributed by atoms with Gasteiger partial charge in [-0.15, -0.1) is 12.4 Å². The van der Waals surface area contributed by atoms with Crippen molar-refractivity contribution in [2.24, 2.45) is 5.73 Å². The third-order valence-electron chi connectivity index (χ3n) is 1.92. The molecule has 1 rings (SSSR count). The standard InChI is InChI=1S/C11H17NO.ClH/c1-9(2)10-5-3-4-6-11(10)13-8-7-12;/h3-6,9H,7-8,12H2,1-2H3;1H. The Morgan fingerprint density at radius 1 is 1.29 bits per heavy atom. The molecule has 0 saturated carbocycles. The van der Waals surface area contributed by atoms with Gasteiger partial charge in [-0.25, -0.2) is 0 Å². The van der Waals surface area contributed by atoms with Crippen molar-refractivity contribution in [3.63, 3.8) is 0 Å². The topological polar surface area (TPSA) is 35.2 Å². The van der Waals surface area contributed by atoms with E-state index in [0.717, 1.165) is 5.75 Å². The predicted molar refractivity (Wildman–Crippen MR) is 62.3 cm³/mol. The van der Waals surface area contributed by atoms with Gasteiger partial charge in [-0.1, -0.05) is 32.0 Å². The fourth-order valence-electron chi connectivity index (χ4n) is 1.26. The number of ether oxygens (including phenoxy) is 1. The second-order valence-electron chi connectivity index (χ2n) is 3.33. The maximum atomic E-state index is 5.52. The Morgan fingerprint density at radius 3 is 2.50 bits per heavy atom. The van der Waals surface area contributed by atoms with Crippen LogP contribution in [0.5, 0.6) is 5.75 Å². The minimum absolute atomic E-state index is 0. The molecule has 80 valence electrons. The first-order valence-electron chi connectivity index (χ1n) is 4.67. The lowest BCUT2D eigenvalue weighted by Gasteiger charge is -2.12. The van der Waals surface area contributed by atoms with Gasteiger partial charge in [-0.05, 0) is 17.5 Å². The zero-order valence-corrected chi connectivity index (χ0v) is 9.51. The van der Waals surface area contributed by atoms with Crippen LogP contribution in [0, 0.1) is 0 Å². The molecule has 0 atom stereocenters. The van der Waals surface area contributed by atoms with Crippen molar-refractivity contribution in [2.75, 3.05) is 13.2 Å². The maximum Gasteiger partial charge on any atom is 0.122 e. The van der Waals surface area contributed by atoms with Crippen LogP contribution in [-0.4, -0.2) is 13.2 Å². The van der Waals surface area contributed by atoms with E-state index in [-0.39, 0.29) is 12.4 Å². The predicted octanol–water partition coefficient (Wildman–Crippen LogP) is 2.57. The molecule has 0 unspecified atom stereocenters. The molecular weight excluding hydrogens is 198 g/mol. The van der Waals surface area contributed by atoms with E-state index in [1.807, 2.05) is 18.2 Å². The summed E-state index contributed by atoms with van der Waals surface area (Å²) >= 11 is 0. The molecule has 0 aliphatic carbocycles. The molecule has 0 saturated heterocycles. The van der Waals surface area contributed by atoms with E-state index in [4.69, 9.17) is 10.5 Å². The third-order valence-corrected chi connectivity index (χ3v) is 1.92. The van der Waals surface area contributed by atoms with Crippen molar-refractivity contribution in [1.29, 1.82) is 0 Å². The average molecular weight is 216 g/mol. The van der Waals surface area contributed by atoms with E-state index in [9.17, 15) is 0 Å². The van der Waals surface area contributed by atoms with Gasteiger partial charge in [0.2, 0.25) is 0 Å². The summed E-state index contributed by atoms with van der Waals surface area (Å²) in [6.45, 7) is 5.46. The number of para-hydroxylation sites is 1. The van der Waals surface area contributed by atoms with Crippen LogP contribution in [-0.2, 0) is 0 Å². The molecule has 0 aromatic heterocycles. The van der Waals surface area contributed by atoms with Crippen molar-refractivity contribution in [1.82, 2.24) is 0 Å². The van der Waals surface area contributed by atoms with Gasteiger partial charge in [-0.3, -0.25) is 0 Å². The molecule has 0 fully saturated rings. The lowest BCUT2D eigenvalue weighted by Crippen LogP contribution is -2.11. The van der Waals surface area contributed by atoms with Crippen LogP contribution >= 0.6 is 12.4 Å². The van der Waals surface area contributed by atoms with Crippen molar-refractivity contribution in [3.05, 3.63) is 29.8 Å². The first-order chi connectivity index (χ1) is 6.25. The molecule has 1 aromatic rings. The summed E-state index contributed by atoms with van der Waals surface area (Å²) in [4.78, 5) is 0. The number of benzene rings is 1. The zero-order chi connectivity index (χ0) is 9.68. The Balaban J connectivity index is 0.00000169. The normalized spacial score (nSPS) is 9.71. The van der Waals surface area contributed by atoms with E-state index in [1.165, 1.54) is 5.56 Å². The largest absolute Gasteiger partial charge is 0.492 e. The molecule has 0 amide bonds. The van der Waals surface area contributed by atoms with Gasteiger partial charge >= 0.3 is 0 Å². The van der Waals surface area contributed by atoms with E-state index < -0.39 is 0 Å². The quantitative estimate of drug-likeness (QED) is 0.838. The van der Waals surface area contributed by atoms with Gasteiger partial charge in [-0.2, -0.15) is 0 Å². The number of hydrogen-bond donors (Lipinski definition) is 1. The molecule has 0 heterocycles. The van der Waals surface area contributed by atoms with Crippen LogP contribution < -0.4 is 10.5 Å². The first-order valence-corrected chi connectivity index (χ1v) is 4.67. The fraction of sp³-hybridized carbons (Fsp3) is 0.455. The molecule has 3 heteroatoms. The molecule has 2 N–H and O–H groups in total. The Hall–Kier alpha value is -0.730. The molecule has 2 nitrogen and oxygen atoms in total. The smallest absolute Gasteiger partial charge is 0.122 e. The summed E-state index contributed by atoms with van der Waals surface area (Å²) in [6.07, 6.45) is 0. The average Bonchev–Trinajstić information content (AvgIpc) is 2.15. The monoisotopic (exact) mass is 215 g/mol. The zero-order valence-electron chi connectivity index (χ0n) is 8.69. The van der Waals surface area contributed by atoms with Crippen LogP contribution in [0.25, 0.3) is 0 Å². The molecule has 14 heavy (non-hydrogen) atoms. The van der Waals surface area contributed by atoms with Crippen LogP contribution in [0.2, 0.25) is 0 Å². The highest BCUT2D eigenvalue weighted by Crippen LogP contribution is 2.25. The van der Waals surface area contributed by atoms with Crippen LogP contribution in [0.15, 0.2) is 24.3 Å². The number of hydrogen-bond acceptors (Lipinski definition) is 2. The molecular formula is C11H18ClNO. The van der Waals surface area contributed by atoms with E-state index in [0.29, 0.717) is 19.1 Å². The highest BCUT2D eigenvalue weighted by Gasteiger charge is 2.05. The van der Waals surface area contributed by atoms with Gasteiger partial charge < -0.3 is 10.5 Å². The minimum Gasteiger partial charge on any atom is -0.492 e. The summed E-state index contributed by atoms with van der Waals surface area (Å²) in [7, 11) is 0. The first kappa shape index (κ1) is 13.3. The van der Waals surface area contributed by atoms with Gasteiger partial charge in [0, 0.05) is 6.54 Å². The molecule has 0 spiro atoms. The van der Waals surface area contributed by atoms with Gasteiger partial charge in [0.15, 0.2) is 0 Å². The molecule has 0 aliphatic heterocycles. The highest BCUT2D eigenvalue weighted by atomic mass is 35.5. The lowest BCUT2D eigenvalue weighted by molar-refractivity contribution is 0.323. The van der Waals surface area contributed by atoms with E-state index >= 15 is 0 Å². The Kier molecular flexibility index (Phi) is 6.34. The highest BCUT2D eigenvalue weighted by molar-refractivity contribution is 5.85. The molecule has 1 aromatic carbocycles. The Bertz CT molecular complexity index is 263. The van der Waals surface area contributed by atoms with E-state index in [1.54, 1.807) is 0 Å². The fourth-order valence-corrected chi connectivity index (χ4v) is 1.26. The SMILES string of the molecule is CC(C)c1ccccc1OCCN.Cl. The Morgan fingerprint density at radius 2 is 1.93 bits per heavy atom. The Labute approximate surface area is 91.9 Å². The number of nitrogens with two attached hydrogens (primary N) is 1. The van der Waals surface area contributed by atoms with Crippen molar-refractivity contribution in [3.8, 4) is 5.75 Å². The molecule has 0 bridgehead atoms. The summed E-state index contributed by atoms with van der Waals surface area (Å²) in [5.41, 5.74) is 6.62. The summed E-state index contributed by atoms with van der Waals surface area (Å²) in [5.74, 6) is 1.46. The van der Waals surface area contributed by atoms with Crippen LogP contribution in [0.3, 0.4) is 0 Å². The minimum atomic E-state index is 0. The van der Waals surface area contributed by atoms with E-state index in [2.05, 4.69) is 19.9 Å². The maximum absolute atomic E-state index is 5.52.